The molecule has 7 nitrogen and oxygen atoms in total. The van der Waals surface area contributed by atoms with Gasteiger partial charge in [0.1, 0.15) is 5.75 Å². The first-order chi connectivity index (χ1) is 16.9. The first kappa shape index (κ1) is 30.6. The van der Waals surface area contributed by atoms with Gasteiger partial charge in [0.25, 0.3) is 5.69 Å². The zero-order valence-electron chi connectivity index (χ0n) is 21.4. The summed E-state index contributed by atoms with van der Waals surface area (Å²) in [5.74, 6) is -0.936. The molecule has 0 aliphatic rings. The summed E-state index contributed by atoms with van der Waals surface area (Å²) in [5, 5.41) is 30.4. The number of benzene rings is 1. The molecule has 0 saturated heterocycles. The number of carboxylic acids is 1. The number of carboxylic acid groups (broad SMARTS) is 1. The second kappa shape index (κ2) is 19.8. The van der Waals surface area contributed by atoms with Crippen molar-refractivity contribution in [2.24, 2.45) is 5.92 Å². The van der Waals surface area contributed by atoms with Crippen LogP contribution in [0.1, 0.15) is 103 Å². The third kappa shape index (κ3) is 16.0. The van der Waals surface area contributed by atoms with Gasteiger partial charge in [0, 0.05) is 18.6 Å². The minimum absolute atomic E-state index is 0.0124. The molecule has 0 heterocycles. The Balaban J connectivity index is 2.10. The fraction of sp³-hybridized carbons (Fsp3) is 0.679. The van der Waals surface area contributed by atoms with E-state index in [1.165, 1.54) is 69.2 Å². The van der Waals surface area contributed by atoms with E-state index < -0.39 is 22.9 Å². The largest absolute Gasteiger partial charge is 0.493 e. The number of ether oxygens (including phenoxy) is 1. The Hall–Kier alpha value is -2.41. The predicted molar refractivity (Wildman–Crippen MR) is 140 cm³/mol. The van der Waals surface area contributed by atoms with Crippen molar-refractivity contribution in [2.45, 2.75) is 109 Å². The molecule has 0 amide bonds. The van der Waals surface area contributed by atoms with Crippen molar-refractivity contribution in [1.82, 2.24) is 0 Å². The monoisotopic (exact) mass is 491 g/mol. The molecule has 0 saturated carbocycles. The lowest BCUT2D eigenvalue weighted by atomic mass is 9.94. The van der Waals surface area contributed by atoms with E-state index in [0.717, 1.165) is 32.1 Å². The number of carbonyl (C=O) groups is 1. The second-order valence-corrected chi connectivity index (χ2v) is 9.33. The topological polar surface area (TPSA) is 110 Å². The van der Waals surface area contributed by atoms with Crippen molar-refractivity contribution in [3.8, 4) is 5.75 Å². The molecule has 1 aromatic carbocycles. The van der Waals surface area contributed by atoms with Gasteiger partial charge in [-0.2, -0.15) is 0 Å². The normalized spacial score (nSPS) is 13.1. The molecule has 2 N–H and O–H groups in total. The van der Waals surface area contributed by atoms with E-state index in [1.54, 1.807) is 0 Å². The van der Waals surface area contributed by atoms with Crippen LogP contribution in [0.2, 0.25) is 0 Å². The third-order valence-corrected chi connectivity index (χ3v) is 6.24. The Morgan fingerprint density at radius 1 is 0.943 bits per heavy atom. The highest BCUT2D eigenvalue weighted by Crippen LogP contribution is 2.20. The van der Waals surface area contributed by atoms with Gasteiger partial charge in [-0.3, -0.25) is 14.9 Å². The highest BCUT2D eigenvalue weighted by Gasteiger charge is 2.21. The third-order valence-electron chi connectivity index (χ3n) is 6.24. The molecule has 0 radical (unpaired) electrons. The number of rotatable bonds is 22. The summed E-state index contributed by atoms with van der Waals surface area (Å²) < 4.78 is 5.50. The van der Waals surface area contributed by atoms with Gasteiger partial charge >= 0.3 is 5.97 Å². The van der Waals surface area contributed by atoms with Crippen LogP contribution in [-0.4, -0.2) is 33.8 Å². The fourth-order valence-electron chi connectivity index (χ4n) is 4.05. The van der Waals surface area contributed by atoms with E-state index in [-0.39, 0.29) is 18.7 Å². The van der Waals surface area contributed by atoms with Crippen LogP contribution in [0.15, 0.2) is 36.4 Å². The highest BCUT2D eigenvalue weighted by molar-refractivity contribution is 5.69. The van der Waals surface area contributed by atoms with Crippen LogP contribution in [0.25, 0.3) is 0 Å². The summed E-state index contributed by atoms with van der Waals surface area (Å²) in [6.07, 6.45) is 19.2. The Morgan fingerprint density at radius 3 is 2.09 bits per heavy atom. The number of non-ortho nitro benzene ring substituents is 1. The molecular weight excluding hydrogens is 446 g/mol. The van der Waals surface area contributed by atoms with E-state index in [1.807, 2.05) is 0 Å². The minimum Gasteiger partial charge on any atom is -0.493 e. The molecule has 0 bridgehead atoms. The zero-order valence-corrected chi connectivity index (χ0v) is 21.4. The quantitative estimate of drug-likeness (QED) is 0.0753. The number of nitro benzene ring substituents is 1. The van der Waals surface area contributed by atoms with Gasteiger partial charge < -0.3 is 14.9 Å². The molecule has 0 spiro atoms. The Morgan fingerprint density at radius 2 is 1.51 bits per heavy atom. The number of aliphatic hydroxyl groups excluding tert-OH is 1. The molecule has 198 valence electrons. The summed E-state index contributed by atoms with van der Waals surface area (Å²) in [4.78, 5) is 21.8. The van der Waals surface area contributed by atoms with Crippen molar-refractivity contribution in [3.63, 3.8) is 0 Å². The average Bonchev–Trinajstić information content (AvgIpc) is 2.83. The molecular formula is C28H45NO6. The van der Waals surface area contributed by atoms with Crippen LogP contribution in [0, 0.1) is 16.0 Å². The van der Waals surface area contributed by atoms with E-state index in [0.29, 0.717) is 18.6 Å². The molecule has 0 fully saturated rings. The Bertz CT molecular complexity index is 719. The first-order valence-electron chi connectivity index (χ1n) is 13.4. The predicted octanol–water partition coefficient (Wildman–Crippen LogP) is 7.46. The van der Waals surface area contributed by atoms with E-state index >= 15 is 0 Å². The first-order valence-corrected chi connectivity index (χ1v) is 13.4. The average molecular weight is 492 g/mol. The minimum atomic E-state index is -0.863. The van der Waals surface area contributed by atoms with E-state index in [9.17, 15) is 25.1 Å². The van der Waals surface area contributed by atoms with Crippen LogP contribution in [-0.2, 0) is 4.79 Å². The summed E-state index contributed by atoms with van der Waals surface area (Å²) in [6.45, 7) is 2.46. The molecule has 0 aliphatic heterocycles. The second-order valence-electron chi connectivity index (χ2n) is 9.33. The van der Waals surface area contributed by atoms with Gasteiger partial charge in [-0.05, 0) is 50.7 Å². The number of nitro groups is 1. The fourth-order valence-corrected chi connectivity index (χ4v) is 4.05. The highest BCUT2D eigenvalue weighted by atomic mass is 16.6. The lowest BCUT2D eigenvalue weighted by Gasteiger charge is -2.17. The molecule has 0 aliphatic carbocycles. The molecule has 0 aromatic heterocycles. The molecule has 1 aromatic rings. The summed E-state index contributed by atoms with van der Waals surface area (Å²) in [5.41, 5.74) is -0.0124. The summed E-state index contributed by atoms with van der Waals surface area (Å²) in [7, 11) is 0. The number of hydrogen-bond donors (Lipinski definition) is 2. The maximum absolute atomic E-state index is 11.6. The van der Waals surface area contributed by atoms with Crippen molar-refractivity contribution in [3.05, 3.63) is 46.5 Å². The van der Waals surface area contributed by atoms with Crippen molar-refractivity contribution in [2.75, 3.05) is 6.61 Å². The number of aliphatic hydroxyl groups is 1. The van der Waals surface area contributed by atoms with Gasteiger partial charge in [-0.25, -0.2) is 0 Å². The van der Waals surface area contributed by atoms with Gasteiger partial charge in [0.15, 0.2) is 0 Å². The lowest BCUT2D eigenvalue weighted by molar-refractivity contribution is -0.384. The van der Waals surface area contributed by atoms with E-state index in [4.69, 9.17) is 4.74 Å². The Kier molecular flexibility index (Phi) is 17.4. The summed E-state index contributed by atoms with van der Waals surface area (Å²) in [6, 6.07) is 5.74. The van der Waals surface area contributed by atoms with Gasteiger partial charge in [-0.15, -0.1) is 0 Å². The van der Waals surface area contributed by atoms with Crippen LogP contribution >= 0.6 is 0 Å². The van der Waals surface area contributed by atoms with Gasteiger partial charge in [0.2, 0.25) is 0 Å². The van der Waals surface area contributed by atoms with Crippen molar-refractivity contribution >= 4 is 11.7 Å². The number of hydrogen-bond acceptors (Lipinski definition) is 5. The van der Waals surface area contributed by atoms with Gasteiger partial charge in [-0.1, -0.05) is 70.4 Å². The number of allylic oxidation sites excluding steroid dienone is 2. The zero-order chi connectivity index (χ0) is 25.7. The van der Waals surface area contributed by atoms with Crippen LogP contribution in [0.3, 0.4) is 0 Å². The number of unbranched alkanes of at least 4 members (excludes halogenated alkanes) is 10. The molecule has 7 heteroatoms. The van der Waals surface area contributed by atoms with Crippen molar-refractivity contribution < 1.29 is 24.7 Å². The van der Waals surface area contributed by atoms with Crippen molar-refractivity contribution in [1.29, 1.82) is 0 Å². The van der Waals surface area contributed by atoms with Gasteiger partial charge in [0.05, 0.1) is 23.6 Å². The van der Waals surface area contributed by atoms with Crippen LogP contribution in [0.4, 0.5) is 5.69 Å². The molecule has 35 heavy (non-hydrogen) atoms. The number of nitrogens with zero attached hydrogens (tertiary/aromatic N) is 1. The van der Waals surface area contributed by atoms with Crippen LogP contribution < -0.4 is 4.74 Å². The maximum atomic E-state index is 11.6. The lowest BCUT2D eigenvalue weighted by Crippen LogP contribution is -2.22. The number of aliphatic carboxylic acids is 1. The molecule has 2 unspecified atom stereocenters. The molecule has 1 rings (SSSR count). The standard InChI is InChI=1S/C28H45NO6/c1-2-3-4-5-6-7-8-9-10-11-12-13-14-15-16-24(28(31)32)23-26(30)21-22-35-27-19-17-25(18-20-27)29(33)34/h9-10,17-20,24,26,30H,2-8,11-16,21-23H2,1H3,(H,31,32)/b10-9-. The molecule has 2 atom stereocenters. The SMILES string of the molecule is CCCCCCCC/C=C\CCCCCCC(CC(O)CCOc1ccc([N+](=O)[O-])cc1)C(=O)O. The van der Waals surface area contributed by atoms with Crippen LogP contribution in [0.5, 0.6) is 5.75 Å². The summed E-state index contributed by atoms with van der Waals surface area (Å²) >= 11 is 0. The Labute approximate surface area is 210 Å². The maximum Gasteiger partial charge on any atom is 0.306 e. The smallest absolute Gasteiger partial charge is 0.306 e. The van der Waals surface area contributed by atoms with E-state index in [2.05, 4.69) is 19.1 Å².